The highest BCUT2D eigenvalue weighted by Crippen LogP contribution is 2.22. The molecule has 0 aliphatic rings. The molecule has 3 rings (SSSR count). The molecule has 0 unspecified atom stereocenters. The average molecular weight is 242 g/mol. The molecule has 90 valence electrons. The molecular weight excluding hydrogens is 232 g/mol. The van der Waals surface area contributed by atoms with Gasteiger partial charge in [-0.05, 0) is 23.8 Å². The Morgan fingerprint density at radius 2 is 2.11 bits per heavy atom. The molecule has 2 aromatic heterocycles. The van der Waals surface area contributed by atoms with Crippen LogP contribution in [0.3, 0.4) is 0 Å². The van der Waals surface area contributed by atoms with E-state index in [1.165, 1.54) is 0 Å². The van der Waals surface area contributed by atoms with Crippen LogP contribution < -0.4 is 0 Å². The predicted molar refractivity (Wildman–Crippen MR) is 63.4 cm³/mol. The predicted octanol–water partition coefficient (Wildman–Crippen LogP) is 2.49. The Hall–Kier alpha value is -2.40. The van der Waals surface area contributed by atoms with Crippen molar-refractivity contribution in [2.75, 3.05) is 0 Å². The number of hydrogen-bond donors (Lipinski definition) is 1. The monoisotopic (exact) mass is 242 g/mol. The number of furan rings is 1. The van der Waals surface area contributed by atoms with E-state index in [9.17, 15) is 0 Å². The molecule has 5 nitrogen and oxygen atoms in total. The number of benzene rings is 1. The minimum atomic E-state index is -0.0171. The van der Waals surface area contributed by atoms with E-state index in [0.717, 1.165) is 11.1 Å². The quantitative estimate of drug-likeness (QED) is 0.763. The van der Waals surface area contributed by atoms with E-state index in [4.69, 9.17) is 14.0 Å². The second-order valence-corrected chi connectivity index (χ2v) is 3.76. The van der Waals surface area contributed by atoms with Crippen molar-refractivity contribution in [3.8, 4) is 23.0 Å². The van der Waals surface area contributed by atoms with Gasteiger partial charge >= 0.3 is 0 Å². The minimum Gasteiger partial charge on any atom is -0.459 e. The zero-order valence-corrected chi connectivity index (χ0v) is 9.41. The van der Waals surface area contributed by atoms with Gasteiger partial charge in [0.1, 0.15) is 0 Å². The van der Waals surface area contributed by atoms with Crippen LogP contribution in [0.4, 0.5) is 0 Å². The third kappa shape index (κ3) is 1.91. The van der Waals surface area contributed by atoms with Crippen LogP contribution in [-0.2, 0) is 6.61 Å². The first-order valence-electron chi connectivity index (χ1n) is 5.44. The molecule has 0 atom stereocenters. The van der Waals surface area contributed by atoms with Gasteiger partial charge in [0.25, 0.3) is 5.89 Å². The normalized spacial score (nSPS) is 10.7. The maximum absolute atomic E-state index is 9.09. The summed E-state index contributed by atoms with van der Waals surface area (Å²) in [5.41, 5.74) is 1.60. The fourth-order valence-corrected chi connectivity index (χ4v) is 1.65. The highest BCUT2D eigenvalue weighted by atomic mass is 16.5. The van der Waals surface area contributed by atoms with Gasteiger partial charge in [0.15, 0.2) is 5.76 Å². The van der Waals surface area contributed by atoms with E-state index in [1.54, 1.807) is 18.4 Å². The van der Waals surface area contributed by atoms with Crippen LogP contribution in [0.1, 0.15) is 5.56 Å². The summed E-state index contributed by atoms with van der Waals surface area (Å²) >= 11 is 0. The molecule has 1 aromatic carbocycles. The van der Waals surface area contributed by atoms with Crippen LogP contribution in [0.25, 0.3) is 23.0 Å². The first-order chi connectivity index (χ1) is 8.86. The first-order valence-corrected chi connectivity index (χ1v) is 5.44. The fourth-order valence-electron chi connectivity index (χ4n) is 1.65. The average Bonchev–Trinajstić information content (AvgIpc) is 3.09. The summed E-state index contributed by atoms with van der Waals surface area (Å²) in [6.45, 7) is -0.0171. The number of hydrogen-bond acceptors (Lipinski definition) is 5. The number of aliphatic hydroxyl groups excluding tert-OH is 1. The fraction of sp³-hybridized carbons (Fsp3) is 0.0769. The van der Waals surface area contributed by atoms with Crippen LogP contribution >= 0.6 is 0 Å². The van der Waals surface area contributed by atoms with Crippen molar-refractivity contribution >= 4 is 0 Å². The third-order valence-electron chi connectivity index (χ3n) is 2.53. The summed E-state index contributed by atoms with van der Waals surface area (Å²) in [6, 6.07) is 10.8. The number of aromatic nitrogens is 2. The largest absolute Gasteiger partial charge is 0.459 e. The lowest BCUT2D eigenvalue weighted by Gasteiger charge is -1.97. The molecule has 0 fully saturated rings. The second-order valence-electron chi connectivity index (χ2n) is 3.76. The highest BCUT2D eigenvalue weighted by Gasteiger charge is 2.12. The van der Waals surface area contributed by atoms with Crippen molar-refractivity contribution in [2.45, 2.75) is 6.61 Å². The maximum Gasteiger partial charge on any atom is 0.293 e. The molecule has 0 aliphatic carbocycles. The van der Waals surface area contributed by atoms with Gasteiger partial charge in [-0.15, -0.1) is 0 Å². The van der Waals surface area contributed by atoms with Gasteiger partial charge in [-0.1, -0.05) is 23.4 Å². The Morgan fingerprint density at radius 1 is 1.17 bits per heavy atom. The van der Waals surface area contributed by atoms with Gasteiger partial charge in [-0.25, -0.2) is 0 Å². The third-order valence-corrected chi connectivity index (χ3v) is 2.53. The molecule has 1 N–H and O–H groups in total. The lowest BCUT2D eigenvalue weighted by molar-refractivity contribution is 0.282. The Kier molecular flexibility index (Phi) is 2.66. The Morgan fingerprint density at radius 3 is 2.89 bits per heavy atom. The Balaban J connectivity index is 1.97. The summed E-state index contributed by atoms with van der Waals surface area (Å²) in [5, 5.41) is 13.0. The summed E-state index contributed by atoms with van der Waals surface area (Å²) in [7, 11) is 0. The van der Waals surface area contributed by atoms with E-state index >= 15 is 0 Å². The topological polar surface area (TPSA) is 72.3 Å². The smallest absolute Gasteiger partial charge is 0.293 e. The summed E-state index contributed by atoms with van der Waals surface area (Å²) in [6.07, 6.45) is 1.55. The summed E-state index contributed by atoms with van der Waals surface area (Å²) < 4.78 is 10.3. The van der Waals surface area contributed by atoms with Crippen LogP contribution in [-0.4, -0.2) is 15.2 Å². The highest BCUT2D eigenvalue weighted by molar-refractivity contribution is 5.58. The van der Waals surface area contributed by atoms with E-state index in [1.807, 2.05) is 24.3 Å². The lowest BCUT2D eigenvalue weighted by Crippen LogP contribution is -1.85. The Bertz CT molecular complexity index is 644. The molecule has 2 heterocycles. The molecule has 3 aromatic rings. The van der Waals surface area contributed by atoms with Gasteiger partial charge in [-0.3, -0.25) is 0 Å². The summed E-state index contributed by atoms with van der Waals surface area (Å²) in [5.74, 6) is 1.34. The molecule has 0 radical (unpaired) electrons. The molecule has 0 bridgehead atoms. The molecule has 0 saturated heterocycles. The number of nitrogens with zero attached hydrogens (tertiary/aromatic N) is 2. The van der Waals surface area contributed by atoms with Crippen molar-refractivity contribution < 1.29 is 14.0 Å². The van der Waals surface area contributed by atoms with Gasteiger partial charge in [0, 0.05) is 5.56 Å². The van der Waals surface area contributed by atoms with Crippen LogP contribution in [0, 0.1) is 0 Å². The summed E-state index contributed by atoms with van der Waals surface area (Å²) in [4.78, 5) is 4.25. The lowest BCUT2D eigenvalue weighted by atomic mass is 10.1. The zero-order valence-electron chi connectivity index (χ0n) is 9.41. The van der Waals surface area contributed by atoms with Gasteiger partial charge in [0.05, 0.1) is 12.9 Å². The van der Waals surface area contributed by atoms with E-state index in [0.29, 0.717) is 17.5 Å². The molecule has 0 aliphatic heterocycles. The standard InChI is InChI=1S/C13H10N2O3/c16-8-9-3-1-4-10(7-9)12-14-13(18-15-12)11-5-2-6-17-11/h1-7,16H,8H2. The molecular formula is C13H10N2O3. The van der Waals surface area contributed by atoms with Crippen LogP contribution in [0.5, 0.6) is 0 Å². The minimum absolute atomic E-state index is 0.0171. The van der Waals surface area contributed by atoms with Gasteiger partial charge in [0.2, 0.25) is 5.82 Å². The number of rotatable bonds is 3. The van der Waals surface area contributed by atoms with Crippen molar-refractivity contribution in [3.05, 3.63) is 48.2 Å². The maximum atomic E-state index is 9.09. The van der Waals surface area contributed by atoms with Gasteiger partial charge < -0.3 is 14.0 Å². The Labute approximate surface area is 103 Å². The molecule has 0 spiro atoms. The second kappa shape index (κ2) is 4.46. The van der Waals surface area contributed by atoms with Crippen molar-refractivity contribution in [2.24, 2.45) is 0 Å². The molecule has 5 heteroatoms. The van der Waals surface area contributed by atoms with Crippen molar-refractivity contribution in [3.63, 3.8) is 0 Å². The van der Waals surface area contributed by atoms with E-state index < -0.39 is 0 Å². The molecule has 0 amide bonds. The number of aliphatic hydroxyl groups is 1. The van der Waals surface area contributed by atoms with E-state index in [2.05, 4.69) is 10.1 Å². The molecule has 18 heavy (non-hydrogen) atoms. The van der Waals surface area contributed by atoms with E-state index in [-0.39, 0.29) is 6.61 Å². The zero-order chi connectivity index (χ0) is 12.4. The van der Waals surface area contributed by atoms with Crippen LogP contribution in [0.2, 0.25) is 0 Å². The van der Waals surface area contributed by atoms with Crippen molar-refractivity contribution in [1.82, 2.24) is 10.1 Å². The van der Waals surface area contributed by atoms with Crippen LogP contribution in [0.15, 0.2) is 51.6 Å². The van der Waals surface area contributed by atoms with Crippen molar-refractivity contribution in [1.29, 1.82) is 0 Å². The molecule has 0 saturated carbocycles. The first kappa shape index (κ1) is 10.7. The van der Waals surface area contributed by atoms with Gasteiger partial charge in [-0.2, -0.15) is 4.98 Å². The SMILES string of the molecule is OCc1cccc(-c2noc(-c3ccco3)n2)c1.